The average molecular weight is 392 g/mol. The molecule has 2 aliphatic heterocycles. The molecule has 1 fully saturated rings. The van der Waals surface area contributed by atoms with E-state index in [2.05, 4.69) is 10.6 Å². The lowest BCUT2D eigenvalue weighted by Gasteiger charge is -2.45. The van der Waals surface area contributed by atoms with Gasteiger partial charge in [-0.05, 0) is 18.2 Å². The van der Waals surface area contributed by atoms with Gasteiger partial charge in [-0.2, -0.15) is 0 Å². The Labute approximate surface area is 166 Å². The maximum Gasteiger partial charge on any atom is 0.257 e. The smallest absolute Gasteiger partial charge is 0.257 e. The molecule has 1 aromatic heterocycles. The molecule has 3 aromatic rings. The van der Waals surface area contributed by atoms with E-state index in [1.807, 2.05) is 53.4 Å². The Balaban J connectivity index is 1.37. The molecule has 4 N–H and O–H groups in total. The largest absolute Gasteiger partial charge is 0.390 e. The van der Waals surface area contributed by atoms with E-state index in [4.69, 9.17) is 5.73 Å². The summed E-state index contributed by atoms with van der Waals surface area (Å²) in [6.07, 6.45) is 1.28. The van der Waals surface area contributed by atoms with Crippen LogP contribution in [0.25, 0.3) is 10.1 Å². The van der Waals surface area contributed by atoms with Gasteiger partial charge in [0.05, 0.1) is 16.1 Å². The number of thiophene rings is 1. The number of para-hydroxylation sites is 1. The molecule has 28 heavy (non-hydrogen) atoms. The predicted octanol–water partition coefficient (Wildman–Crippen LogP) is 3.27. The van der Waals surface area contributed by atoms with E-state index < -0.39 is 5.66 Å². The summed E-state index contributed by atoms with van der Waals surface area (Å²) in [6, 6.07) is 15.3. The van der Waals surface area contributed by atoms with Crippen molar-refractivity contribution in [2.45, 2.75) is 18.5 Å². The van der Waals surface area contributed by atoms with Crippen LogP contribution in [0.1, 0.15) is 33.6 Å². The van der Waals surface area contributed by atoms with E-state index in [0.717, 1.165) is 15.8 Å². The Bertz CT molecular complexity index is 1100. The van der Waals surface area contributed by atoms with Crippen molar-refractivity contribution in [3.8, 4) is 0 Å². The first-order valence-electron chi connectivity index (χ1n) is 9.32. The van der Waals surface area contributed by atoms with Gasteiger partial charge in [0.1, 0.15) is 5.66 Å². The molecule has 0 atom stereocenters. The van der Waals surface area contributed by atoms with Gasteiger partial charge in [0, 0.05) is 41.7 Å². The van der Waals surface area contributed by atoms with Crippen LogP contribution < -0.4 is 16.4 Å². The molecule has 142 valence electrons. The molecular formula is C21H20N4O2S. The van der Waals surface area contributed by atoms with Crippen molar-refractivity contribution in [1.82, 2.24) is 10.2 Å². The quantitative estimate of drug-likeness (QED) is 0.593. The van der Waals surface area contributed by atoms with E-state index in [9.17, 15) is 9.59 Å². The monoisotopic (exact) mass is 392 g/mol. The molecule has 2 amide bonds. The summed E-state index contributed by atoms with van der Waals surface area (Å²) in [6.45, 7) is 1.11. The van der Waals surface area contributed by atoms with Gasteiger partial charge in [-0.3, -0.25) is 9.59 Å². The molecule has 0 saturated carbocycles. The molecule has 6 nitrogen and oxygen atoms in total. The number of nitrogen functional groups attached to an aromatic ring is 1. The van der Waals surface area contributed by atoms with Gasteiger partial charge >= 0.3 is 0 Å². The molecule has 0 unspecified atom stereocenters. The van der Waals surface area contributed by atoms with Crippen LogP contribution in [0.5, 0.6) is 0 Å². The number of rotatable bonds is 1. The number of hydrogen-bond acceptors (Lipinski definition) is 5. The number of piperidine rings is 1. The number of carbonyl (C=O) groups is 2. The summed E-state index contributed by atoms with van der Waals surface area (Å²) in [7, 11) is 0. The predicted molar refractivity (Wildman–Crippen MR) is 112 cm³/mol. The summed E-state index contributed by atoms with van der Waals surface area (Å²) in [5.41, 5.74) is 7.76. The zero-order valence-electron chi connectivity index (χ0n) is 15.2. The maximum absolute atomic E-state index is 13.2. The highest BCUT2D eigenvalue weighted by atomic mass is 32.1. The molecule has 1 spiro atoms. The minimum absolute atomic E-state index is 0.0349. The van der Waals surface area contributed by atoms with Crippen LogP contribution in [0.2, 0.25) is 0 Å². The van der Waals surface area contributed by atoms with Crippen LogP contribution in [0.15, 0.2) is 48.5 Å². The van der Waals surface area contributed by atoms with Crippen molar-refractivity contribution in [2.75, 3.05) is 24.1 Å². The lowest BCUT2D eigenvalue weighted by atomic mass is 9.92. The van der Waals surface area contributed by atoms with Crippen LogP contribution in [0, 0.1) is 0 Å². The fourth-order valence-electron chi connectivity index (χ4n) is 4.15. The second-order valence-corrected chi connectivity index (χ2v) is 8.42. The zero-order valence-corrected chi connectivity index (χ0v) is 16.0. The van der Waals surface area contributed by atoms with Gasteiger partial charge in [-0.1, -0.05) is 30.3 Å². The lowest BCUT2D eigenvalue weighted by Crippen LogP contribution is -2.62. The Morgan fingerprint density at radius 3 is 2.57 bits per heavy atom. The number of likely N-dealkylation sites (tertiary alicyclic amines) is 1. The summed E-state index contributed by atoms with van der Waals surface area (Å²) in [5, 5.41) is 8.07. The lowest BCUT2D eigenvalue weighted by molar-refractivity contribution is 0.0642. The number of nitrogens with two attached hydrogens (primary N) is 1. The Kier molecular flexibility index (Phi) is 3.80. The topological polar surface area (TPSA) is 87.5 Å². The van der Waals surface area contributed by atoms with Crippen molar-refractivity contribution in [3.63, 3.8) is 0 Å². The summed E-state index contributed by atoms with van der Waals surface area (Å²) in [5.74, 6) is -0.102. The molecule has 2 aliphatic rings. The number of carbonyl (C=O) groups excluding carboxylic acids is 2. The zero-order chi connectivity index (χ0) is 19.3. The van der Waals surface area contributed by atoms with Gasteiger partial charge in [0.2, 0.25) is 0 Å². The molecule has 5 rings (SSSR count). The van der Waals surface area contributed by atoms with Crippen molar-refractivity contribution in [1.29, 1.82) is 0 Å². The van der Waals surface area contributed by atoms with Crippen molar-refractivity contribution < 1.29 is 9.59 Å². The Morgan fingerprint density at radius 2 is 1.75 bits per heavy atom. The standard InChI is InChI=1S/C21H20N4O2S/c22-18-17(14-6-2-4-8-16(14)28-18)20(27)25-11-9-21(10-12-25)23-15-7-3-1-5-13(15)19(26)24-21/h1-8,23H,9-12,22H2,(H,24,26). The number of nitrogens with zero attached hydrogens (tertiary/aromatic N) is 1. The van der Waals surface area contributed by atoms with E-state index in [1.54, 1.807) is 0 Å². The van der Waals surface area contributed by atoms with Gasteiger partial charge in [0.25, 0.3) is 11.8 Å². The van der Waals surface area contributed by atoms with Crippen LogP contribution in [0.3, 0.4) is 0 Å². The minimum atomic E-state index is -0.509. The van der Waals surface area contributed by atoms with Gasteiger partial charge < -0.3 is 21.3 Å². The molecule has 2 aromatic carbocycles. The highest BCUT2D eigenvalue weighted by Gasteiger charge is 2.41. The highest BCUT2D eigenvalue weighted by molar-refractivity contribution is 7.23. The third-order valence-electron chi connectivity index (χ3n) is 5.64. The maximum atomic E-state index is 13.2. The first kappa shape index (κ1) is 17.1. The second-order valence-electron chi connectivity index (χ2n) is 7.34. The first-order chi connectivity index (χ1) is 13.6. The summed E-state index contributed by atoms with van der Waals surface area (Å²) >= 11 is 1.45. The SMILES string of the molecule is Nc1sc2ccccc2c1C(=O)N1CCC2(CC1)NC(=O)c1ccccc1N2. The number of benzene rings is 2. The third-order valence-corrected chi connectivity index (χ3v) is 6.64. The van der Waals surface area contributed by atoms with Crippen LogP contribution in [-0.2, 0) is 0 Å². The number of anilines is 2. The van der Waals surface area contributed by atoms with E-state index >= 15 is 0 Å². The van der Waals surface area contributed by atoms with E-state index in [1.165, 1.54) is 11.3 Å². The van der Waals surface area contributed by atoms with Gasteiger partial charge in [-0.25, -0.2) is 0 Å². The number of fused-ring (bicyclic) bond motifs is 2. The Morgan fingerprint density at radius 1 is 1.04 bits per heavy atom. The van der Waals surface area contributed by atoms with Gasteiger partial charge in [0.15, 0.2) is 0 Å². The Hall–Kier alpha value is -3.06. The first-order valence-corrected chi connectivity index (χ1v) is 10.1. The van der Waals surface area contributed by atoms with Crippen LogP contribution >= 0.6 is 11.3 Å². The van der Waals surface area contributed by atoms with Crippen LogP contribution in [0.4, 0.5) is 10.7 Å². The normalized spacial score (nSPS) is 17.9. The molecule has 0 bridgehead atoms. The number of amides is 2. The molecule has 0 aliphatic carbocycles. The van der Waals surface area contributed by atoms with Crippen molar-refractivity contribution in [2.24, 2.45) is 0 Å². The van der Waals surface area contributed by atoms with Crippen LogP contribution in [-0.4, -0.2) is 35.5 Å². The molecule has 1 saturated heterocycles. The fourth-order valence-corrected chi connectivity index (χ4v) is 5.11. The molecule has 3 heterocycles. The molecular weight excluding hydrogens is 372 g/mol. The average Bonchev–Trinajstić information content (AvgIpc) is 3.04. The van der Waals surface area contributed by atoms with Gasteiger partial charge in [-0.15, -0.1) is 11.3 Å². The van der Waals surface area contributed by atoms with Crippen molar-refractivity contribution in [3.05, 3.63) is 59.7 Å². The number of hydrogen-bond donors (Lipinski definition) is 3. The second kappa shape index (κ2) is 6.24. The molecule has 7 heteroatoms. The van der Waals surface area contributed by atoms with Crippen molar-refractivity contribution >= 4 is 43.9 Å². The number of nitrogens with one attached hydrogen (secondary N) is 2. The molecule has 0 radical (unpaired) electrons. The summed E-state index contributed by atoms with van der Waals surface area (Å²) in [4.78, 5) is 27.5. The highest BCUT2D eigenvalue weighted by Crippen LogP contribution is 2.36. The minimum Gasteiger partial charge on any atom is -0.390 e. The van der Waals surface area contributed by atoms with E-state index in [0.29, 0.717) is 42.1 Å². The summed E-state index contributed by atoms with van der Waals surface area (Å²) < 4.78 is 1.02. The third kappa shape index (κ3) is 2.62. The fraction of sp³-hybridized carbons (Fsp3) is 0.238. The van der Waals surface area contributed by atoms with E-state index in [-0.39, 0.29) is 11.8 Å².